The van der Waals surface area contributed by atoms with Crippen molar-refractivity contribution in [1.82, 2.24) is 20.1 Å². The second-order valence-corrected chi connectivity index (χ2v) is 3.55. The fourth-order valence-corrected chi connectivity index (χ4v) is 1.42. The van der Waals surface area contributed by atoms with Crippen molar-refractivity contribution < 1.29 is 9.26 Å². The highest BCUT2D eigenvalue weighted by atomic mass is 16.5. The van der Waals surface area contributed by atoms with E-state index in [2.05, 4.69) is 25.4 Å². The maximum atomic E-state index is 5.82. The molecule has 2 aromatic rings. The van der Waals surface area contributed by atoms with E-state index >= 15 is 0 Å². The van der Waals surface area contributed by atoms with Crippen molar-refractivity contribution >= 4 is 11.5 Å². The zero-order valence-corrected chi connectivity index (χ0v) is 10.2. The van der Waals surface area contributed by atoms with Crippen LogP contribution in [0.5, 0.6) is 5.88 Å². The number of anilines is 2. The molecule has 18 heavy (non-hydrogen) atoms. The van der Waals surface area contributed by atoms with Gasteiger partial charge in [0.05, 0.1) is 7.11 Å². The number of aromatic nitrogens is 4. The van der Waals surface area contributed by atoms with Crippen LogP contribution in [0, 0.1) is 6.92 Å². The fourth-order valence-electron chi connectivity index (χ4n) is 1.42. The van der Waals surface area contributed by atoms with Gasteiger partial charge in [0.15, 0.2) is 11.6 Å². The Morgan fingerprint density at radius 1 is 1.44 bits per heavy atom. The number of nitrogens with one attached hydrogen (secondary N) is 1. The molecule has 0 amide bonds. The van der Waals surface area contributed by atoms with Gasteiger partial charge in [0.2, 0.25) is 11.8 Å². The summed E-state index contributed by atoms with van der Waals surface area (Å²) in [4.78, 5) is 12.0. The molecule has 0 saturated carbocycles. The largest absolute Gasteiger partial charge is 0.479 e. The van der Waals surface area contributed by atoms with Crippen LogP contribution in [0.1, 0.15) is 11.7 Å². The SMILES string of the molecule is COc1ncnc(NCCc2noc(C)n2)c1N. The summed E-state index contributed by atoms with van der Waals surface area (Å²) in [6.45, 7) is 2.33. The summed E-state index contributed by atoms with van der Waals surface area (Å²) in [7, 11) is 1.50. The van der Waals surface area contributed by atoms with Gasteiger partial charge in [-0.1, -0.05) is 5.16 Å². The lowest BCUT2D eigenvalue weighted by Gasteiger charge is -2.08. The lowest BCUT2D eigenvalue weighted by molar-refractivity contribution is 0.387. The molecule has 0 atom stereocenters. The van der Waals surface area contributed by atoms with Gasteiger partial charge in [-0.15, -0.1) is 0 Å². The maximum absolute atomic E-state index is 5.82. The van der Waals surface area contributed by atoms with E-state index in [9.17, 15) is 0 Å². The molecule has 0 saturated heterocycles. The summed E-state index contributed by atoms with van der Waals surface area (Å²) >= 11 is 0. The molecule has 2 aromatic heterocycles. The van der Waals surface area contributed by atoms with Crippen molar-refractivity contribution in [2.75, 3.05) is 24.7 Å². The number of nitrogens with two attached hydrogens (primary N) is 1. The molecular weight excluding hydrogens is 236 g/mol. The van der Waals surface area contributed by atoms with Crippen LogP contribution in [0.25, 0.3) is 0 Å². The molecule has 3 N–H and O–H groups in total. The van der Waals surface area contributed by atoms with Crippen molar-refractivity contribution in [3.63, 3.8) is 0 Å². The number of nitrogens with zero attached hydrogens (tertiary/aromatic N) is 4. The smallest absolute Gasteiger partial charge is 0.242 e. The van der Waals surface area contributed by atoms with Crippen LogP contribution >= 0.6 is 0 Å². The van der Waals surface area contributed by atoms with Crippen LogP contribution in [-0.2, 0) is 6.42 Å². The monoisotopic (exact) mass is 250 g/mol. The first-order chi connectivity index (χ1) is 8.70. The lowest BCUT2D eigenvalue weighted by atomic mass is 10.4. The molecule has 0 bridgehead atoms. The zero-order chi connectivity index (χ0) is 13.0. The molecule has 96 valence electrons. The Balaban J connectivity index is 1.94. The van der Waals surface area contributed by atoms with Crippen LogP contribution < -0.4 is 15.8 Å². The van der Waals surface area contributed by atoms with Crippen molar-refractivity contribution in [3.8, 4) is 5.88 Å². The molecule has 0 aliphatic heterocycles. The van der Waals surface area contributed by atoms with E-state index in [0.29, 0.717) is 42.1 Å². The predicted octanol–water partition coefficient (Wildman–Crippen LogP) is 0.413. The van der Waals surface area contributed by atoms with E-state index in [1.54, 1.807) is 6.92 Å². The van der Waals surface area contributed by atoms with Gasteiger partial charge in [-0.2, -0.15) is 9.97 Å². The fraction of sp³-hybridized carbons (Fsp3) is 0.400. The quantitative estimate of drug-likeness (QED) is 0.784. The minimum Gasteiger partial charge on any atom is -0.479 e. The summed E-state index contributed by atoms with van der Waals surface area (Å²) in [6.07, 6.45) is 2.00. The number of nitrogen functional groups attached to an aromatic ring is 1. The lowest BCUT2D eigenvalue weighted by Crippen LogP contribution is -2.10. The van der Waals surface area contributed by atoms with Crippen molar-refractivity contribution in [3.05, 3.63) is 18.0 Å². The first-order valence-corrected chi connectivity index (χ1v) is 5.38. The van der Waals surface area contributed by atoms with E-state index in [-0.39, 0.29) is 0 Å². The summed E-state index contributed by atoms with van der Waals surface area (Å²) in [5.74, 6) is 2.07. The summed E-state index contributed by atoms with van der Waals surface area (Å²) in [5, 5.41) is 6.86. The first-order valence-electron chi connectivity index (χ1n) is 5.38. The van der Waals surface area contributed by atoms with Gasteiger partial charge in [-0.05, 0) is 0 Å². The number of aryl methyl sites for hydroxylation is 1. The Labute approximate surface area is 104 Å². The van der Waals surface area contributed by atoms with Gasteiger partial charge in [-0.25, -0.2) is 4.98 Å². The average Bonchev–Trinajstić information content (AvgIpc) is 2.77. The number of hydrogen-bond donors (Lipinski definition) is 2. The molecule has 0 aromatic carbocycles. The van der Waals surface area contributed by atoms with Gasteiger partial charge in [0, 0.05) is 19.9 Å². The maximum Gasteiger partial charge on any atom is 0.242 e. The average molecular weight is 250 g/mol. The van der Waals surface area contributed by atoms with Crippen molar-refractivity contribution in [2.24, 2.45) is 0 Å². The number of hydrogen-bond acceptors (Lipinski definition) is 8. The minimum atomic E-state index is 0.350. The number of rotatable bonds is 5. The third kappa shape index (κ3) is 2.65. The third-order valence-corrected chi connectivity index (χ3v) is 2.25. The van der Waals surface area contributed by atoms with E-state index in [0.717, 1.165) is 0 Å². The Kier molecular flexibility index (Phi) is 3.56. The van der Waals surface area contributed by atoms with Gasteiger partial charge in [-0.3, -0.25) is 0 Å². The van der Waals surface area contributed by atoms with Gasteiger partial charge in [0.1, 0.15) is 12.0 Å². The first kappa shape index (κ1) is 12.1. The van der Waals surface area contributed by atoms with Crippen LogP contribution in [0.3, 0.4) is 0 Å². The van der Waals surface area contributed by atoms with Crippen molar-refractivity contribution in [2.45, 2.75) is 13.3 Å². The molecular formula is C10H14N6O2. The topological polar surface area (TPSA) is 112 Å². The molecule has 8 heteroatoms. The predicted molar refractivity (Wildman–Crippen MR) is 64.2 cm³/mol. The molecule has 2 rings (SSSR count). The number of ether oxygens (including phenoxy) is 1. The highest BCUT2D eigenvalue weighted by molar-refractivity contribution is 5.66. The van der Waals surface area contributed by atoms with E-state index < -0.39 is 0 Å². The Morgan fingerprint density at radius 2 is 2.28 bits per heavy atom. The molecule has 0 spiro atoms. The second kappa shape index (κ2) is 5.30. The van der Waals surface area contributed by atoms with Crippen LogP contribution in [0.15, 0.2) is 10.9 Å². The number of methoxy groups -OCH3 is 1. The van der Waals surface area contributed by atoms with Crippen LogP contribution in [-0.4, -0.2) is 33.8 Å². The normalized spacial score (nSPS) is 10.3. The minimum absolute atomic E-state index is 0.350. The Hall–Kier alpha value is -2.38. The second-order valence-electron chi connectivity index (χ2n) is 3.55. The molecule has 0 aliphatic rings. The Morgan fingerprint density at radius 3 is 2.94 bits per heavy atom. The Bertz CT molecular complexity index is 527. The van der Waals surface area contributed by atoms with Crippen LogP contribution in [0.4, 0.5) is 11.5 Å². The summed E-state index contributed by atoms with van der Waals surface area (Å²) in [5.41, 5.74) is 6.19. The van der Waals surface area contributed by atoms with Crippen LogP contribution in [0.2, 0.25) is 0 Å². The molecule has 0 aliphatic carbocycles. The van der Waals surface area contributed by atoms with E-state index in [4.69, 9.17) is 15.0 Å². The van der Waals surface area contributed by atoms with Gasteiger partial charge < -0.3 is 20.3 Å². The van der Waals surface area contributed by atoms with Crippen molar-refractivity contribution in [1.29, 1.82) is 0 Å². The molecule has 0 unspecified atom stereocenters. The van der Waals surface area contributed by atoms with Gasteiger partial charge in [0.25, 0.3) is 0 Å². The molecule has 2 heterocycles. The third-order valence-electron chi connectivity index (χ3n) is 2.25. The zero-order valence-electron chi connectivity index (χ0n) is 10.2. The molecule has 0 radical (unpaired) electrons. The van der Waals surface area contributed by atoms with E-state index in [1.807, 2.05) is 0 Å². The molecule has 8 nitrogen and oxygen atoms in total. The summed E-state index contributed by atoms with van der Waals surface area (Å²) in [6, 6.07) is 0. The van der Waals surface area contributed by atoms with E-state index in [1.165, 1.54) is 13.4 Å². The molecule has 0 fully saturated rings. The standard InChI is InChI=1S/C10H14N6O2/c1-6-15-7(16-18-6)3-4-12-9-8(11)10(17-2)14-5-13-9/h5H,3-4,11H2,1-2H3,(H,12,13,14). The summed E-state index contributed by atoms with van der Waals surface area (Å²) < 4.78 is 9.87. The highest BCUT2D eigenvalue weighted by Crippen LogP contribution is 2.23. The highest BCUT2D eigenvalue weighted by Gasteiger charge is 2.08. The van der Waals surface area contributed by atoms with Gasteiger partial charge >= 0.3 is 0 Å².